The zero-order valence-electron chi connectivity index (χ0n) is 17.9. The van der Waals surface area contributed by atoms with Crippen LogP contribution in [-0.2, 0) is 21.6 Å². The topological polar surface area (TPSA) is 41.6 Å². The molecule has 2 fully saturated rings. The van der Waals surface area contributed by atoms with Crippen molar-refractivity contribution >= 4 is 5.91 Å². The summed E-state index contributed by atoms with van der Waals surface area (Å²) in [4.78, 5) is 16.0. The fraction of sp³-hybridized carbons (Fsp3) is 0.500. The van der Waals surface area contributed by atoms with Gasteiger partial charge in [0.25, 0.3) is 0 Å². The third-order valence-corrected chi connectivity index (χ3v) is 6.67. The first kappa shape index (κ1) is 21.1. The van der Waals surface area contributed by atoms with Gasteiger partial charge in [-0.15, -0.1) is 0 Å². The summed E-state index contributed by atoms with van der Waals surface area (Å²) >= 11 is 0. The first-order chi connectivity index (χ1) is 14.8. The van der Waals surface area contributed by atoms with Crippen molar-refractivity contribution < 1.29 is 9.53 Å². The Labute approximate surface area is 180 Å². The third kappa shape index (κ3) is 4.93. The van der Waals surface area contributed by atoms with Crippen LogP contribution in [-0.4, -0.2) is 43.6 Å². The van der Waals surface area contributed by atoms with Gasteiger partial charge in [-0.2, -0.15) is 0 Å². The summed E-state index contributed by atoms with van der Waals surface area (Å²) in [5.41, 5.74) is 2.04. The molecule has 1 N–H and O–H groups in total. The zero-order valence-corrected chi connectivity index (χ0v) is 17.9. The van der Waals surface area contributed by atoms with E-state index in [2.05, 4.69) is 46.6 Å². The molecular weight excluding hydrogens is 372 g/mol. The molecule has 1 amide bonds. The van der Waals surface area contributed by atoms with Crippen LogP contribution in [0.5, 0.6) is 0 Å². The second-order valence-corrected chi connectivity index (χ2v) is 8.83. The lowest BCUT2D eigenvalue weighted by molar-refractivity contribution is -0.139. The van der Waals surface area contributed by atoms with Crippen molar-refractivity contribution in [1.29, 1.82) is 0 Å². The standard InChI is InChI=1S/C26H34N2O2/c29-25(26(14-8-3-9-15-26)24-12-6-2-7-13-24)28-17-16-27-18-23(19-28)21-30-20-22-10-4-1-5-11-22/h1-2,4-7,10-13,23,27H,3,8-9,14-21H2/t23-/m0/s1. The minimum absolute atomic E-state index is 0.316. The number of amides is 1. The van der Waals surface area contributed by atoms with Gasteiger partial charge in [0.1, 0.15) is 0 Å². The Balaban J connectivity index is 1.43. The van der Waals surface area contributed by atoms with Crippen molar-refractivity contribution in [3.63, 3.8) is 0 Å². The quantitative estimate of drug-likeness (QED) is 0.783. The number of hydrogen-bond acceptors (Lipinski definition) is 3. The molecule has 1 saturated heterocycles. The van der Waals surface area contributed by atoms with E-state index < -0.39 is 0 Å². The Morgan fingerprint density at radius 3 is 2.43 bits per heavy atom. The van der Waals surface area contributed by atoms with Gasteiger partial charge in [0.05, 0.1) is 18.6 Å². The van der Waals surface area contributed by atoms with Gasteiger partial charge in [-0.25, -0.2) is 0 Å². The minimum atomic E-state index is -0.348. The maximum atomic E-state index is 13.9. The number of rotatable bonds is 6. The van der Waals surface area contributed by atoms with Crippen LogP contribution in [0.1, 0.15) is 43.2 Å². The molecule has 0 unspecified atom stereocenters. The Bertz CT molecular complexity index is 787. The summed E-state index contributed by atoms with van der Waals surface area (Å²) in [7, 11) is 0. The van der Waals surface area contributed by atoms with Crippen LogP contribution in [0.25, 0.3) is 0 Å². The highest BCUT2D eigenvalue weighted by atomic mass is 16.5. The van der Waals surface area contributed by atoms with Crippen molar-refractivity contribution in [2.45, 2.75) is 44.1 Å². The molecule has 0 bridgehead atoms. The van der Waals surface area contributed by atoms with Crippen molar-refractivity contribution in [3.8, 4) is 0 Å². The summed E-state index contributed by atoms with van der Waals surface area (Å²) in [6.45, 7) is 4.60. The number of carbonyl (C=O) groups is 1. The van der Waals surface area contributed by atoms with Crippen molar-refractivity contribution in [2.75, 3.05) is 32.8 Å². The molecule has 2 aliphatic rings. The molecule has 0 spiro atoms. The average molecular weight is 407 g/mol. The summed E-state index contributed by atoms with van der Waals surface area (Å²) in [5, 5.41) is 3.51. The predicted molar refractivity (Wildman–Crippen MR) is 120 cm³/mol. The molecule has 1 saturated carbocycles. The maximum Gasteiger partial charge on any atom is 0.233 e. The Morgan fingerprint density at radius 1 is 1.00 bits per heavy atom. The molecule has 1 aliphatic carbocycles. The average Bonchev–Trinajstić information content (AvgIpc) is 3.06. The van der Waals surface area contributed by atoms with Crippen LogP contribution in [0.2, 0.25) is 0 Å². The lowest BCUT2D eigenvalue weighted by atomic mass is 9.68. The molecule has 4 rings (SSSR count). The van der Waals surface area contributed by atoms with Gasteiger partial charge in [-0.05, 0) is 24.0 Å². The van der Waals surface area contributed by atoms with E-state index in [1.165, 1.54) is 17.5 Å². The van der Waals surface area contributed by atoms with Gasteiger partial charge in [-0.1, -0.05) is 79.9 Å². The Morgan fingerprint density at radius 2 is 1.70 bits per heavy atom. The normalized spacial score (nSPS) is 21.7. The second-order valence-electron chi connectivity index (χ2n) is 8.83. The van der Waals surface area contributed by atoms with Gasteiger partial charge >= 0.3 is 0 Å². The molecule has 2 aromatic carbocycles. The molecule has 4 nitrogen and oxygen atoms in total. The molecular formula is C26H34N2O2. The van der Waals surface area contributed by atoms with E-state index in [1.807, 2.05) is 24.3 Å². The van der Waals surface area contributed by atoms with Crippen LogP contribution in [0, 0.1) is 5.92 Å². The summed E-state index contributed by atoms with van der Waals surface area (Å²) < 4.78 is 6.02. The summed E-state index contributed by atoms with van der Waals surface area (Å²) in [6.07, 6.45) is 5.44. The molecule has 0 radical (unpaired) electrons. The van der Waals surface area contributed by atoms with Crippen LogP contribution < -0.4 is 5.32 Å². The number of benzene rings is 2. The van der Waals surface area contributed by atoms with Crippen molar-refractivity contribution in [2.24, 2.45) is 5.92 Å². The first-order valence-corrected chi connectivity index (χ1v) is 11.5. The fourth-order valence-electron chi connectivity index (χ4n) is 5.04. The molecule has 1 aliphatic heterocycles. The number of hydrogen-bond donors (Lipinski definition) is 1. The van der Waals surface area contributed by atoms with Crippen LogP contribution >= 0.6 is 0 Å². The van der Waals surface area contributed by atoms with Gasteiger partial charge in [0.15, 0.2) is 0 Å². The molecule has 30 heavy (non-hydrogen) atoms. The van der Waals surface area contributed by atoms with Gasteiger partial charge in [-0.3, -0.25) is 4.79 Å². The SMILES string of the molecule is O=C(N1CCNC[C@H](COCc2ccccc2)C1)C1(c2ccccc2)CCCCC1. The second kappa shape index (κ2) is 10.2. The predicted octanol–water partition coefficient (Wildman–Crippen LogP) is 4.15. The molecule has 0 aromatic heterocycles. The van der Waals surface area contributed by atoms with Crippen LogP contribution in [0.4, 0.5) is 0 Å². The van der Waals surface area contributed by atoms with E-state index in [0.29, 0.717) is 25.0 Å². The van der Waals surface area contributed by atoms with E-state index in [4.69, 9.17) is 4.74 Å². The molecule has 160 valence electrons. The van der Waals surface area contributed by atoms with Gasteiger partial charge in [0.2, 0.25) is 5.91 Å². The Kier molecular flexibility index (Phi) is 7.19. The highest BCUT2D eigenvalue weighted by Gasteiger charge is 2.43. The van der Waals surface area contributed by atoms with E-state index >= 15 is 0 Å². The summed E-state index contributed by atoms with van der Waals surface area (Å²) in [5.74, 6) is 0.640. The zero-order chi connectivity index (χ0) is 20.7. The van der Waals surface area contributed by atoms with Gasteiger partial charge < -0.3 is 15.0 Å². The third-order valence-electron chi connectivity index (χ3n) is 6.67. The van der Waals surface area contributed by atoms with Gasteiger partial charge in [0, 0.05) is 32.1 Å². The van der Waals surface area contributed by atoms with E-state index in [9.17, 15) is 4.79 Å². The van der Waals surface area contributed by atoms with Crippen LogP contribution in [0.15, 0.2) is 60.7 Å². The summed E-state index contributed by atoms with van der Waals surface area (Å²) in [6, 6.07) is 20.8. The molecule has 1 heterocycles. The minimum Gasteiger partial charge on any atom is -0.376 e. The molecule has 4 heteroatoms. The fourth-order valence-corrected chi connectivity index (χ4v) is 5.04. The lowest BCUT2D eigenvalue weighted by Gasteiger charge is -2.40. The Hall–Kier alpha value is -2.17. The number of nitrogens with zero attached hydrogens (tertiary/aromatic N) is 1. The highest BCUT2D eigenvalue weighted by molar-refractivity contribution is 5.88. The van der Waals surface area contributed by atoms with E-state index in [-0.39, 0.29) is 5.41 Å². The molecule has 2 aromatic rings. The van der Waals surface area contributed by atoms with E-state index in [0.717, 1.165) is 51.9 Å². The maximum absolute atomic E-state index is 13.9. The number of carbonyl (C=O) groups excluding carboxylic acids is 1. The van der Waals surface area contributed by atoms with Crippen molar-refractivity contribution in [1.82, 2.24) is 10.2 Å². The molecule has 1 atom stereocenters. The number of ether oxygens (including phenoxy) is 1. The largest absolute Gasteiger partial charge is 0.376 e. The number of nitrogens with one attached hydrogen (secondary N) is 1. The van der Waals surface area contributed by atoms with E-state index in [1.54, 1.807) is 0 Å². The lowest BCUT2D eigenvalue weighted by Crippen LogP contribution is -2.50. The monoisotopic (exact) mass is 406 g/mol. The smallest absolute Gasteiger partial charge is 0.233 e. The highest BCUT2D eigenvalue weighted by Crippen LogP contribution is 2.41. The van der Waals surface area contributed by atoms with Crippen molar-refractivity contribution in [3.05, 3.63) is 71.8 Å². The first-order valence-electron chi connectivity index (χ1n) is 11.5. The van der Waals surface area contributed by atoms with Crippen LogP contribution in [0.3, 0.4) is 0 Å².